The van der Waals surface area contributed by atoms with Crippen molar-refractivity contribution in [3.05, 3.63) is 65.2 Å². The van der Waals surface area contributed by atoms with Crippen molar-refractivity contribution in [2.75, 3.05) is 5.32 Å². The first-order chi connectivity index (χ1) is 13.9. The van der Waals surface area contributed by atoms with Crippen LogP contribution in [0, 0.1) is 0 Å². The fourth-order valence-electron chi connectivity index (χ4n) is 3.36. The van der Waals surface area contributed by atoms with Crippen molar-refractivity contribution >= 4 is 38.9 Å². The maximum absolute atomic E-state index is 12.8. The summed E-state index contributed by atoms with van der Waals surface area (Å²) >= 11 is 1.49. The van der Waals surface area contributed by atoms with Crippen molar-refractivity contribution in [2.45, 2.75) is 23.8 Å². The molecule has 0 radical (unpaired) electrons. The molecule has 2 amide bonds. The van der Waals surface area contributed by atoms with Crippen molar-refractivity contribution in [1.82, 2.24) is 9.29 Å². The second kappa shape index (κ2) is 6.50. The molecule has 2 heterocycles. The van der Waals surface area contributed by atoms with E-state index < -0.39 is 21.8 Å². The molecule has 7 nitrogen and oxygen atoms in total. The predicted molar refractivity (Wildman–Crippen MR) is 108 cm³/mol. The minimum atomic E-state index is -3.90. The lowest BCUT2D eigenvalue weighted by molar-refractivity contribution is 0.0864. The predicted octanol–water partition coefficient (Wildman–Crippen LogP) is 3.37. The highest BCUT2D eigenvalue weighted by Crippen LogP contribution is 2.39. The summed E-state index contributed by atoms with van der Waals surface area (Å²) in [5.74, 6) is -0.956. The molecule has 2 aromatic carbocycles. The number of anilines is 1. The number of thiazole rings is 1. The minimum absolute atomic E-state index is 0.0985. The Balaban J connectivity index is 1.43. The second-order valence-electron chi connectivity index (χ2n) is 6.92. The number of nitrogens with one attached hydrogen (secondary N) is 1. The van der Waals surface area contributed by atoms with Crippen molar-refractivity contribution in [1.29, 1.82) is 0 Å². The molecular weight excluding hydrogens is 410 g/mol. The molecule has 0 bridgehead atoms. The summed E-state index contributed by atoms with van der Waals surface area (Å²) in [6, 6.07) is 11.2. The summed E-state index contributed by atoms with van der Waals surface area (Å²) in [5, 5.41) is 5.49. The number of fused-ring (bicyclic) bond motifs is 1. The lowest BCUT2D eigenvalue weighted by Gasteiger charge is -2.13. The van der Waals surface area contributed by atoms with Gasteiger partial charge < -0.3 is 5.32 Å². The van der Waals surface area contributed by atoms with Crippen LogP contribution < -0.4 is 5.32 Å². The zero-order valence-electron chi connectivity index (χ0n) is 15.0. The summed E-state index contributed by atoms with van der Waals surface area (Å²) in [6.45, 7) is 0. The van der Waals surface area contributed by atoms with Gasteiger partial charge in [-0.15, -0.1) is 11.3 Å². The van der Waals surface area contributed by atoms with E-state index in [1.165, 1.54) is 29.5 Å². The number of aromatic nitrogens is 1. The number of sulfonamides is 1. The average Bonchev–Trinajstić information content (AvgIpc) is 3.32. The highest BCUT2D eigenvalue weighted by atomic mass is 32.2. The van der Waals surface area contributed by atoms with E-state index >= 15 is 0 Å². The number of hydrogen-bond donors (Lipinski definition) is 1. The average molecular weight is 425 g/mol. The third-order valence-corrected chi connectivity index (χ3v) is 7.59. The van der Waals surface area contributed by atoms with Crippen LogP contribution in [0.1, 0.15) is 33.6 Å². The van der Waals surface area contributed by atoms with Crippen LogP contribution in [0.4, 0.5) is 5.69 Å². The van der Waals surface area contributed by atoms with E-state index in [0.29, 0.717) is 18.5 Å². The molecule has 5 rings (SSSR count). The number of carbonyl (C=O) groups excluding carboxylic acids is 2. The lowest BCUT2D eigenvalue weighted by atomic mass is 10.1. The second-order valence-corrected chi connectivity index (χ2v) is 9.60. The smallest absolute Gasteiger partial charge is 0.269 e. The van der Waals surface area contributed by atoms with Gasteiger partial charge in [0.1, 0.15) is 9.90 Å². The van der Waals surface area contributed by atoms with Crippen LogP contribution in [0.15, 0.2) is 58.9 Å². The Hall–Kier alpha value is -3.04. The van der Waals surface area contributed by atoms with Crippen molar-refractivity contribution < 1.29 is 18.0 Å². The molecule has 1 aliphatic heterocycles. The number of rotatable bonds is 4. The van der Waals surface area contributed by atoms with Gasteiger partial charge in [-0.25, -0.2) is 17.7 Å². The lowest BCUT2D eigenvalue weighted by Crippen LogP contribution is -2.31. The highest BCUT2D eigenvalue weighted by Gasteiger charge is 2.48. The van der Waals surface area contributed by atoms with Crippen molar-refractivity contribution in [2.24, 2.45) is 0 Å². The van der Waals surface area contributed by atoms with E-state index in [1.807, 2.05) is 17.5 Å². The Labute approximate surface area is 171 Å². The van der Waals surface area contributed by atoms with Gasteiger partial charge in [0.15, 0.2) is 0 Å². The molecular formula is C20H15N3O4S2. The Morgan fingerprint density at radius 1 is 1.17 bits per heavy atom. The first-order valence-corrected chi connectivity index (χ1v) is 11.3. The van der Waals surface area contributed by atoms with Crippen LogP contribution in [-0.4, -0.2) is 35.6 Å². The van der Waals surface area contributed by atoms with Crippen molar-refractivity contribution in [3.63, 3.8) is 0 Å². The molecule has 0 spiro atoms. The molecule has 1 saturated carbocycles. The molecule has 9 heteroatoms. The van der Waals surface area contributed by atoms with Crippen LogP contribution in [0.3, 0.4) is 0 Å². The summed E-state index contributed by atoms with van der Waals surface area (Å²) in [5.41, 5.74) is 1.75. The van der Waals surface area contributed by atoms with Gasteiger partial charge in [-0.2, -0.15) is 0 Å². The maximum Gasteiger partial charge on any atom is 0.269 e. The van der Waals surface area contributed by atoms with E-state index in [1.54, 1.807) is 18.3 Å². The van der Waals surface area contributed by atoms with Crippen LogP contribution >= 0.6 is 11.3 Å². The SMILES string of the molecule is O=C(Nc1cccc(-c2nccs2)c1)c1ccc2c(c1)S(=O)(=O)N(C1CC1)C2=O. The zero-order valence-corrected chi connectivity index (χ0v) is 16.7. The largest absolute Gasteiger partial charge is 0.322 e. The van der Waals surface area contributed by atoms with Gasteiger partial charge in [0.05, 0.1) is 5.56 Å². The van der Waals surface area contributed by atoms with Gasteiger partial charge in [-0.05, 0) is 43.2 Å². The first-order valence-electron chi connectivity index (χ1n) is 8.99. The van der Waals surface area contributed by atoms with Gasteiger partial charge in [0, 0.05) is 34.4 Å². The Bertz CT molecular complexity index is 1250. The Morgan fingerprint density at radius 2 is 2.00 bits per heavy atom. The molecule has 0 unspecified atom stereocenters. The molecule has 146 valence electrons. The fourth-order valence-corrected chi connectivity index (χ4v) is 5.83. The Morgan fingerprint density at radius 3 is 2.72 bits per heavy atom. The molecule has 0 atom stereocenters. The molecule has 1 aliphatic carbocycles. The highest BCUT2D eigenvalue weighted by molar-refractivity contribution is 7.90. The molecule has 29 heavy (non-hydrogen) atoms. The number of benzene rings is 2. The third-order valence-electron chi connectivity index (χ3n) is 4.89. The Kier molecular flexibility index (Phi) is 4.04. The third kappa shape index (κ3) is 3.02. The number of carbonyl (C=O) groups is 2. The maximum atomic E-state index is 12.8. The standard InChI is InChI=1S/C20H15N3O4S2/c24-18(22-14-3-1-2-13(10-14)19-21-8-9-28-19)12-4-7-16-17(11-12)29(26,27)23(20(16)25)15-5-6-15/h1-4,7-11,15H,5-6H2,(H,22,24). The zero-order chi connectivity index (χ0) is 20.2. The topological polar surface area (TPSA) is 96.4 Å². The summed E-state index contributed by atoms with van der Waals surface area (Å²) in [4.78, 5) is 29.3. The van der Waals surface area contributed by atoms with Gasteiger partial charge in [0.25, 0.3) is 21.8 Å². The van der Waals surface area contributed by atoms with E-state index in [0.717, 1.165) is 14.9 Å². The van der Waals surface area contributed by atoms with Crippen LogP contribution in [0.5, 0.6) is 0 Å². The first kappa shape index (κ1) is 18.0. The number of nitrogens with zero attached hydrogens (tertiary/aromatic N) is 2. The van der Waals surface area contributed by atoms with Crippen LogP contribution in [0.2, 0.25) is 0 Å². The van der Waals surface area contributed by atoms with Crippen molar-refractivity contribution in [3.8, 4) is 10.6 Å². The fraction of sp³-hybridized carbons (Fsp3) is 0.150. The molecule has 1 aromatic heterocycles. The quantitative estimate of drug-likeness (QED) is 0.691. The van der Waals surface area contributed by atoms with Gasteiger partial charge in [-0.3, -0.25) is 9.59 Å². The number of hydrogen-bond acceptors (Lipinski definition) is 6. The van der Waals surface area contributed by atoms with Gasteiger partial charge in [0.2, 0.25) is 0 Å². The van der Waals surface area contributed by atoms with E-state index in [9.17, 15) is 18.0 Å². The van der Waals surface area contributed by atoms with E-state index in [2.05, 4.69) is 10.3 Å². The molecule has 2 aliphatic rings. The number of amides is 2. The molecule has 1 fully saturated rings. The summed E-state index contributed by atoms with van der Waals surface area (Å²) < 4.78 is 26.5. The van der Waals surface area contributed by atoms with Gasteiger partial charge in [-0.1, -0.05) is 12.1 Å². The van der Waals surface area contributed by atoms with E-state index in [-0.39, 0.29) is 22.1 Å². The molecule has 0 saturated heterocycles. The minimum Gasteiger partial charge on any atom is -0.322 e. The van der Waals surface area contributed by atoms with Crippen LogP contribution in [0.25, 0.3) is 10.6 Å². The van der Waals surface area contributed by atoms with E-state index in [4.69, 9.17) is 0 Å². The molecule has 1 N–H and O–H groups in total. The summed E-state index contributed by atoms with van der Waals surface area (Å²) in [7, 11) is -3.90. The van der Waals surface area contributed by atoms with Crippen LogP contribution in [-0.2, 0) is 10.0 Å². The monoisotopic (exact) mass is 425 g/mol. The molecule has 3 aromatic rings. The summed E-state index contributed by atoms with van der Waals surface area (Å²) in [6.07, 6.45) is 3.08. The van der Waals surface area contributed by atoms with Gasteiger partial charge >= 0.3 is 0 Å². The normalized spacial score (nSPS) is 17.2.